The van der Waals surface area contributed by atoms with E-state index in [0.717, 1.165) is 13.0 Å². The Morgan fingerprint density at radius 2 is 1.65 bits per heavy atom. The summed E-state index contributed by atoms with van der Waals surface area (Å²) < 4.78 is 0. The Labute approximate surface area is 127 Å². The highest BCUT2D eigenvalue weighted by atomic mass is 32.1. The number of rotatable bonds is 12. The van der Waals surface area contributed by atoms with Crippen molar-refractivity contribution in [1.82, 2.24) is 10.3 Å². The Bertz CT molecular complexity index is 338. The molecule has 0 radical (unpaired) electrons. The van der Waals surface area contributed by atoms with E-state index >= 15 is 0 Å². The van der Waals surface area contributed by atoms with Gasteiger partial charge in [-0.2, -0.15) is 0 Å². The summed E-state index contributed by atoms with van der Waals surface area (Å²) in [5, 5.41) is 5.31. The molecule has 3 nitrogen and oxygen atoms in total. The lowest BCUT2D eigenvalue weighted by atomic mass is 10.1. The van der Waals surface area contributed by atoms with Crippen LogP contribution in [0.4, 0.5) is 0 Å². The molecule has 0 aliphatic carbocycles. The molecule has 0 aliphatic rings. The number of nitrogens with zero attached hydrogens (tertiary/aromatic N) is 1. The first-order valence-electron chi connectivity index (χ1n) is 8.02. The molecule has 0 fully saturated rings. The zero-order valence-corrected chi connectivity index (χ0v) is 13.5. The number of hydrogen-bond acceptors (Lipinski definition) is 3. The average molecular weight is 296 g/mol. The zero-order valence-electron chi connectivity index (χ0n) is 12.7. The normalized spacial score (nSPS) is 10.7. The average Bonchev–Trinajstić information content (AvgIpc) is 2.99. The minimum absolute atomic E-state index is 0.0316. The Hall–Kier alpha value is -0.900. The van der Waals surface area contributed by atoms with Crippen molar-refractivity contribution < 1.29 is 4.79 Å². The van der Waals surface area contributed by atoms with Crippen LogP contribution in [0.15, 0.2) is 11.6 Å². The Balaban J connectivity index is 1.82. The number of hydrogen-bond donors (Lipinski definition) is 1. The number of unbranched alkanes of at least 4 members (excludes halogenated alkanes) is 9. The fourth-order valence-corrected chi connectivity index (χ4v) is 2.78. The van der Waals surface area contributed by atoms with Gasteiger partial charge in [0.15, 0.2) is 5.01 Å². The molecule has 114 valence electrons. The van der Waals surface area contributed by atoms with Gasteiger partial charge in [0.2, 0.25) is 0 Å². The van der Waals surface area contributed by atoms with Crippen LogP contribution in [0.3, 0.4) is 0 Å². The van der Waals surface area contributed by atoms with Crippen molar-refractivity contribution in [3.63, 3.8) is 0 Å². The van der Waals surface area contributed by atoms with Gasteiger partial charge in [-0.25, -0.2) is 4.98 Å². The van der Waals surface area contributed by atoms with E-state index in [-0.39, 0.29) is 5.91 Å². The summed E-state index contributed by atoms with van der Waals surface area (Å²) in [5.74, 6) is -0.0316. The minimum Gasteiger partial charge on any atom is -0.350 e. The largest absolute Gasteiger partial charge is 0.350 e. The second-order valence-electron chi connectivity index (χ2n) is 5.28. The van der Waals surface area contributed by atoms with Crippen molar-refractivity contribution in [2.24, 2.45) is 0 Å². The molecule has 1 heterocycles. The number of carbonyl (C=O) groups is 1. The second kappa shape index (κ2) is 11.9. The zero-order chi connectivity index (χ0) is 14.5. The van der Waals surface area contributed by atoms with Crippen LogP contribution >= 0.6 is 11.3 Å². The molecule has 0 saturated carbocycles. The second-order valence-corrected chi connectivity index (χ2v) is 6.17. The summed E-state index contributed by atoms with van der Waals surface area (Å²) >= 11 is 1.39. The molecule has 0 bridgehead atoms. The molecule has 1 aromatic heterocycles. The molecule has 0 spiro atoms. The van der Waals surface area contributed by atoms with Gasteiger partial charge in [-0.3, -0.25) is 4.79 Å². The van der Waals surface area contributed by atoms with E-state index in [9.17, 15) is 4.79 Å². The van der Waals surface area contributed by atoms with Gasteiger partial charge in [-0.1, -0.05) is 64.7 Å². The molecule has 20 heavy (non-hydrogen) atoms. The molecule has 0 aliphatic heterocycles. The Kier molecular flexibility index (Phi) is 10.2. The fraction of sp³-hybridized carbons (Fsp3) is 0.750. The molecule has 0 atom stereocenters. The van der Waals surface area contributed by atoms with Crippen LogP contribution in [0.1, 0.15) is 80.9 Å². The minimum atomic E-state index is -0.0316. The number of thiazole rings is 1. The van der Waals surface area contributed by atoms with Crippen molar-refractivity contribution in [1.29, 1.82) is 0 Å². The SMILES string of the molecule is CCCCCCCCCCCCNC(=O)c1nccs1. The summed E-state index contributed by atoms with van der Waals surface area (Å²) in [6.07, 6.45) is 14.9. The van der Waals surface area contributed by atoms with Crippen LogP contribution in [-0.4, -0.2) is 17.4 Å². The lowest BCUT2D eigenvalue weighted by molar-refractivity contribution is 0.0952. The van der Waals surface area contributed by atoms with Gasteiger partial charge in [0.25, 0.3) is 5.91 Å². The van der Waals surface area contributed by atoms with Crippen LogP contribution in [0, 0.1) is 0 Å². The van der Waals surface area contributed by atoms with E-state index in [1.165, 1.54) is 69.1 Å². The molecule has 1 rings (SSSR count). The summed E-state index contributed by atoms with van der Waals surface area (Å²) in [4.78, 5) is 15.6. The Morgan fingerprint density at radius 3 is 2.20 bits per heavy atom. The summed E-state index contributed by atoms with van der Waals surface area (Å²) in [6.45, 7) is 3.03. The van der Waals surface area contributed by atoms with Gasteiger partial charge in [-0.15, -0.1) is 11.3 Å². The summed E-state index contributed by atoms with van der Waals surface area (Å²) in [6, 6.07) is 0. The fourth-order valence-electron chi connectivity index (χ4n) is 2.23. The van der Waals surface area contributed by atoms with E-state index in [0.29, 0.717) is 5.01 Å². The molecule has 1 N–H and O–H groups in total. The number of carbonyl (C=O) groups excluding carboxylic acids is 1. The van der Waals surface area contributed by atoms with Crippen molar-refractivity contribution in [3.8, 4) is 0 Å². The highest BCUT2D eigenvalue weighted by molar-refractivity contribution is 7.11. The maximum atomic E-state index is 11.6. The van der Waals surface area contributed by atoms with Crippen LogP contribution in [0.5, 0.6) is 0 Å². The van der Waals surface area contributed by atoms with Gasteiger partial charge >= 0.3 is 0 Å². The third-order valence-electron chi connectivity index (χ3n) is 3.44. The highest BCUT2D eigenvalue weighted by Crippen LogP contribution is 2.10. The van der Waals surface area contributed by atoms with Crippen LogP contribution in [0.2, 0.25) is 0 Å². The monoisotopic (exact) mass is 296 g/mol. The topological polar surface area (TPSA) is 42.0 Å². The molecule has 4 heteroatoms. The quantitative estimate of drug-likeness (QED) is 0.563. The van der Waals surface area contributed by atoms with Crippen LogP contribution in [-0.2, 0) is 0 Å². The maximum absolute atomic E-state index is 11.6. The van der Waals surface area contributed by atoms with E-state index < -0.39 is 0 Å². The van der Waals surface area contributed by atoms with Crippen LogP contribution in [0.25, 0.3) is 0 Å². The number of aromatic nitrogens is 1. The lowest BCUT2D eigenvalue weighted by Crippen LogP contribution is -2.24. The van der Waals surface area contributed by atoms with Crippen molar-refractivity contribution >= 4 is 17.2 Å². The standard InChI is InChI=1S/C16H28N2OS/c1-2-3-4-5-6-7-8-9-10-11-12-17-15(19)16-18-13-14-20-16/h13-14H,2-12H2,1H3,(H,17,19). The third kappa shape index (κ3) is 8.31. The van der Waals surface area contributed by atoms with Gasteiger partial charge in [0.1, 0.15) is 0 Å². The predicted octanol–water partition coefficient (Wildman–Crippen LogP) is 4.79. The van der Waals surface area contributed by atoms with Gasteiger partial charge in [-0.05, 0) is 6.42 Å². The highest BCUT2D eigenvalue weighted by Gasteiger charge is 2.06. The van der Waals surface area contributed by atoms with Gasteiger partial charge < -0.3 is 5.32 Å². The van der Waals surface area contributed by atoms with Crippen LogP contribution < -0.4 is 5.32 Å². The van der Waals surface area contributed by atoms with Crippen molar-refractivity contribution in [2.75, 3.05) is 6.54 Å². The van der Waals surface area contributed by atoms with Gasteiger partial charge in [0.05, 0.1) is 0 Å². The third-order valence-corrected chi connectivity index (χ3v) is 4.21. The van der Waals surface area contributed by atoms with E-state index in [2.05, 4.69) is 17.2 Å². The number of nitrogens with one attached hydrogen (secondary N) is 1. The molecular weight excluding hydrogens is 268 g/mol. The molecular formula is C16H28N2OS. The van der Waals surface area contributed by atoms with E-state index in [4.69, 9.17) is 0 Å². The Morgan fingerprint density at radius 1 is 1.05 bits per heavy atom. The van der Waals surface area contributed by atoms with Gasteiger partial charge in [0, 0.05) is 18.1 Å². The van der Waals surface area contributed by atoms with E-state index in [1.807, 2.05) is 5.38 Å². The smallest absolute Gasteiger partial charge is 0.280 e. The van der Waals surface area contributed by atoms with E-state index in [1.54, 1.807) is 6.20 Å². The molecule has 0 unspecified atom stereocenters. The predicted molar refractivity (Wildman–Crippen MR) is 86.3 cm³/mol. The van der Waals surface area contributed by atoms with Crippen molar-refractivity contribution in [2.45, 2.75) is 71.1 Å². The maximum Gasteiger partial charge on any atom is 0.280 e. The summed E-state index contributed by atoms with van der Waals surface area (Å²) in [5.41, 5.74) is 0. The summed E-state index contributed by atoms with van der Waals surface area (Å²) in [7, 11) is 0. The van der Waals surface area contributed by atoms with Crippen molar-refractivity contribution in [3.05, 3.63) is 16.6 Å². The molecule has 1 aromatic rings. The first kappa shape index (κ1) is 17.2. The first-order valence-corrected chi connectivity index (χ1v) is 8.90. The molecule has 1 amide bonds. The number of amides is 1. The first-order chi connectivity index (χ1) is 9.84. The molecule has 0 saturated heterocycles. The lowest BCUT2D eigenvalue weighted by Gasteiger charge is -2.03. The molecule has 0 aromatic carbocycles.